The lowest BCUT2D eigenvalue weighted by molar-refractivity contribution is 0.0520. The van der Waals surface area contributed by atoms with Gasteiger partial charge in [0.25, 0.3) is 5.91 Å². The number of benzene rings is 2. The standard InChI is InChI=1S/C25H27N3O4/c1-4-31-25(30)22-23(32-16-26-22)20-10-5-6-11-21(20)24(29)27-12-13-28(18(3)15-27)19-9-7-8-17(2)14-19/h5-11,14,16,18H,4,12-13,15H2,1-3H3/t18-/m1/s1. The molecule has 0 aliphatic carbocycles. The van der Waals surface area contributed by atoms with Crippen LogP contribution in [0.25, 0.3) is 11.3 Å². The Balaban J connectivity index is 1.57. The number of carbonyl (C=O) groups is 2. The third-order valence-electron chi connectivity index (χ3n) is 5.69. The van der Waals surface area contributed by atoms with Gasteiger partial charge >= 0.3 is 5.97 Å². The second kappa shape index (κ2) is 9.26. The van der Waals surface area contributed by atoms with E-state index in [9.17, 15) is 9.59 Å². The van der Waals surface area contributed by atoms with E-state index in [1.165, 1.54) is 17.6 Å². The second-order valence-electron chi connectivity index (χ2n) is 7.93. The first kappa shape index (κ1) is 21.6. The van der Waals surface area contributed by atoms with Gasteiger partial charge in [-0.15, -0.1) is 0 Å². The lowest BCUT2D eigenvalue weighted by Gasteiger charge is -2.41. The third kappa shape index (κ3) is 4.23. The van der Waals surface area contributed by atoms with Crippen molar-refractivity contribution in [1.29, 1.82) is 0 Å². The number of nitrogens with zero attached hydrogens (tertiary/aromatic N) is 3. The number of aryl methyl sites for hydroxylation is 1. The first-order valence-electron chi connectivity index (χ1n) is 10.8. The largest absolute Gasteiger partial charge is 0.461 e. The zero-order chi connectivity index (χ0) is 22.7. The lowest BCUT2D eigenvalue weighted by Crippen LogP contribution is -2.53. The fraction of sp³-hybridized carbons (Fsp3) is 0.320. The molecule has 166 valence electrons. The molecule has 2 aromatic carbocycles. The smallest absolute Gasteiger partial charge is 0.360 e. The van der Waals surface area contributed by atoms with Gasteiger partial charge in [-0.2, -0.15) is 0 Å². The molecule has 0 radical (unpaired) electrons. The third-order valence-corrected chi connectivity index (χ3v) is 5.69. The van der Waals surface area contributed by atoms with E-state index in [0.29, 0.717) is 24.2 Å². The predicted molar refractivity (Wildman–Crippen MR) is 122 cm³/mol. The number of hydrogen-bond acceptors (Lipinski definition) is 6. The molecule has 7 heteroatoms. The Hall–Kier alpha value is -3.61. The summed E-state index contributed by atoms with van der Waals surface area (Å²) < 4.78 is 10.6. The van der Waals surface area contributed by atoms with Crippen LogP contribution in [0.2, 0.25) is 0 Å². The number of piperazine rings is 1. The Morgan fingerprint density at radius 2 is 1.97 bits per heavy atom. The van der Waals surface area contributed by atoms with Crippen LogP contribution in [0.1, 0.15) is 40.3 Å². The molecule has 0 spiro atoms. The average molecular weight is 434 g/mol. The van der Waals surface area contributed by atoms with Crippen molar-refractivity contribution in [2.24, 2.45) is 0 Å². The fourth-order valence-electron chi connectivity index (χ4n) is 4.15. The van der Waals surface area contributed by atoms with Crippen molar-refractivity contribution < 1.29 is 18.7 Å². The van der Waals surface area contributed by atoms with Crippen molar-refractivity contribution in [3.8, 4) is 11.3 Å². The molecule has 32 heavy (non-hydrogen) atoms. The minimum Gasteiger partial charge on any atom is -0.461 e. The zero-order valence-electron chi connectivity index (χ0n) is 18.6. The number of oxazole rings is 1. The molecule has 1 aliphatic rings. The molecule has 1 aromatic heterocycles. The van der Waals surface area contributed by atoms with Gasteiger partial charge in [0.15, 0.2) is 17.8 Å². The van der Waals surface area contributed by atoms with E-state index in [0.717, 1.165) is 6.54 Å². The van der Waals surface area contributed by atoms with E-state index in [-0.39, 0.29) is 30.0 Å². The average Bonchev–Trinajstić information content (AvgIpc) is 3.28. The number of amides is 1. The van der Waals surface area contributed by atoms with Crippen molar-refractivity contribution >= 4 is 17.6 Å². The maximum atomic E-state index is 13.5. The van der Waals surface area contributed by atoms with E-state index in [1.807, 2.05) is 17.0 Å². The highest BCUT2D eigenvalue weighted by molar-refractivity contribution is 6.03. The first-order valence-corrected chi connectivity index (χ1v) is 10.8. The second-order valence-corrected chi connectivity index (χ2v) is 7.93. The number of carbonyl (C=O) groups excluding carboxylic acids is 2. The van der Waals surface area contributed by atoms with Crippen LogP contribution in [0.3, 0.4) is 0 Å². The lowest BCUT2D eigenvalue weighted by atomic mass is 10.0. The number of aromatic nitrogens is 1. The summed E-state index contributed by atoms with van der Waals surface area (Å²) in [5.74, 6) is -0.416. The number of esters is 1. The molecule has 2 heterocycles. The van der Waals surface area contributed by atoms with Crippen molar-refractivity contribution in [2.75, 3.05) is 31.1 Å². The molecule has 1 aliphatic heterocycles. The number of anilines is 1. The summed E-state index contributed by atoms with van der Waals surface area (Å²) in [5, 5.41) is 0. The summed E-state index contributed by atoms with van der Waals surface area (Å²) >= 11 is 0. The molecule has 1 saturated heterocycles. The highest BCUT2D eigenvalue weighted by Gasteiger charge is 2.30. The monoisotopic (exact) mass is 433 g/mol. The molecule has 1 amide bonds. The van der Waals surface area contributed by atoms with E-state index in [4.69, 9.17) is 9.15 Å². The minimum atomic E-state index is -0.570. The minimum absolute atomic E-state index is 0.0738. The molecule has 3 aromatic rings. The molecule has 0 saturated carbocycles. The van der Waals surface area contributed by atoms with Crippen LogP contribution in [0.4, 0.5) is 5.69 Å². The summed E-state index contributed by atoms with van der Waals surface area (Å²) in [6.07, 6.45) is 1.20. The van der Waals surface area contributed by atoms with Crippen molar-refractivity contribution in [1.82, 2.24) is 9.88 Å². The topological polar surface area (TPSA) is 75.9 Å². The van der Waals surface area contributed by atoms with Gasteiger partial charge < -0.3 is 19.0 Å². The highest BCUT2D eigenvalue weighted by atomic mass is 16.5. The Morgan fingerprint density at radius 3 is 2.72 bits per heavy atom. The van der Waals surface area contributed by atoms with Gasteiger partial charge in [0.2, 0.25) is 0 Å². The molecule has 0 bridgehead atoms. The Morgan fingerprint density at radius 1 is 1.16 bits per heavy atom. The number of hydrogen-bond donors (Lipinski definition) is 0. The molecule has 0 unspecified atom stereocenters. The molecule has 7 nitrogen and oxygen atoms in total. The van der Waals surface area contributed by atoms with Crippen molar-refractivity contribution in [2.45, 2.75) is 26.8 Å². The highest BCUT2D eigenvalue weighted by Crippen LogP contribution is 2.29. The van der Waals surface area contributed by atoms with E-state index >= 15 is 0 Å². The van der Waals surface area contributed by atoms with Gasteiger partial charge in [0.1, 0.15) is 0 Å². The van der Waals surface area contributed by atoms with Gasteiger partial charge in [-0.1, -0.05) is 30.3 Å². The Kier molecular flexibility index (Phi) is 6.25. The van der Waals surface area contributed by atoms with Crippen LogP contribution in [0.5, 0.6) is 0 Å². The Labute approximate surface area is 187 Å². The van der Waals surface area contributed by atoms with Gasteiger partial charge in [-0.25, -0.2) is 9.78 Å². The first-order chi connectivity index (χ1) is 15.5. The molecule has 4 rings (SSSR count). The Bertz CT molecular complexity index is 1120. The summed E-state index contributed by atoms with van der Waals surface area (Å²) in [7, 11) is 0. The van der Waals surface area contributed by atoms with E-state index < -0.39 is 5.97 Å². The van der Waals surface area contributed by atoms with Crippen LogP contribution in [-0.2, 0) is 4.74 Å². The van der Waals surface area contributed by atoms with E-state index in [1.54, 1.807) is 19.1 Å². The van der Waals surface area contributed by atoms with Gasteiger partial charge in [-0.3, -0.25) is 4.79 Å². The van der Waals surface area contributed by atoms with Crippen LogP contribution >= 0.6 is 0 Å². The van der Waals surface area contributed by atoms with Gasteiger partial charge in [-0.05, 0) is 44.5 Å². The van der Waals surface area contributed by atoms with Crippen LogP contribution in [0, 0.1) is 6.92 Å². The van der Waals surface area contributed by atoms with Crippen molar-refractivity contribution in [3.05, 3.63) is 71.7 Å². The van der Waals surface area contributed by atoms with Gasteiger partial charge in [0.05, 0.1) is 12.2 Å². The molecular formula is C25H27N3O4. The maximum Gasteiger partial charge on any atom is 0.360 e. The molecular weight excluding hydrogens is 406 g/mol. The SMILES string of the molecule is CCOC(=O)c1ncoc1-c1ccccc1C(=O)N1CCN(c2cccc(C)c2)[C@H](C)C1. The van der Waals surface area contributed by atoms with Crippen LogP contribution in [-0.4, -0.2) is 54.0 Å². The number of rotatable bonds is 5. The fourth-order valence-corrected chi connectivity index (χ4v) is 4.15. The summed E-state index contributed by atoms with van der Waals surface area (Å²) in [4.78, 5) is 34.0. The maximum absolute atomic E-state index is 13.5. The van der Waals surface area contributed by atoms with Crippen LogP contribution in [0.15, 0.2) is 59.3 Å². The molecule has 1 fully saturated rings. The quantitative estimate of drug-likeness (QED) is 0.562. The molecule has 0 N–H and O–H groups in total. The summed E-state index contributed by atoms with van der Waals surface area (Å²) in [6.45, 7) is 8.12. The zero-order valence-corrected chi connectivity index (χ0v) is 18.6. The van der Waals surface area contributed by atoms with E-state index in [2.05, 4.69) is 48.0 Å². The van der Waals surface area contributed by atoms with Gasteiger partial charge in [0, 0.05) is 36.9 Å². The van der Waals surface area contributed by atoms with Crippen LogP contribution < -0.4 is 4.90 Å². The summed E-state index contributed by atoms with van der Waals surface area (Å²) in [5.41, 5.74) is 3.47. The summed E-state index contributed by atoms with van der Waals surface area (Å²) in [6, 6.07) is 15.7. The normalized spacial score (nSPS) is 16.2. The predicted octanol–water partition coefficient (Wildman–Crippen LogP) is 4.18. The van der Waals surface area contributed by atoms with Crippen molar-refractivity contribution in [3.63, 3.8) is 0 Å². The number of ether oxygens (including phenoxy) is 1. The molecule has 1 atom stereocenters.